The molecule has 5 heteroatoms. The molecule has 2 aromatic carbocycles. The van der Waals surface area contributed by atoms with Crippen molar-refractivity contribution in [1.29, 1.82) is 0 Å². The average Bonchev–Trinajstić information content (AvgIpc) is 2.58. The second kappa shape index (κ2) is 7.69. The number of carbonyl (C=O) groups excluding carboxylic acids is 1. The van der Waals surface area contributed by atoms with E-state index < -0.39 is 0 Å². The van der Waals surface area contributed by atoms with Crippen LogP contribution in [0.15, 0.2) is 48.5 Å². The van der Waals surface area contributed by atoms with Gasteiger partial charge in [-0.25, -0.2) is 0 Å². The third-order valence-electron chi connectivity index (χ3n) is 4.25. The summed E-state index contributed by atoms with van der Waals surface area (Å²) in [6.45, 7) is 6.43. The summed E-state index contributed by atoms with van der Waals surface area (Å²) in [6.07, 6.45) is 0. The van der Waals surface area contributed by atoms with E-state index in [2.05, 4.69) is 33.3 Å². The number of amides is 1. The van der Waals surface area contributed by atoms with Gasteiger partial charge in [-0.2, -0.15) is 0 Å². The quantitative estimate of drug-likeness (QED) is 0.921. The monoisotopic (exact) mass is 343 g/mol. The van der Waals surface area contributed by atoms with Crippen LogP contribution in [0.2, 0.25) is 5.02 Å². The van der Waals surface area contributed by atoms with Crippen molar-refractivity contribution in [3.05, 3.63) is 59.1 Å². The van der Waals surface area contributed by atoms with Gasteiger partial charge in [-0.1, -0.05) is 35.9 Å². The molecule has 0 aliphatic carbocycles. The van der Waals surface area contributed by atoms with Crippen molar-refractivity contribution in [2.75, 3.05) is 36.4 Å². The van der Waals surface area contributed by atoms with E-state index in [1.807, 2.05) is 30.3 Å². The van der Waals surface area contributed by atoms with Gasteiger partial charge < -0.3 is 10.2 Å². The number of halogens is 1. The SMILES string of the molecule is CC(=O)Nc1ccc(CN2CCN(c3ccccc3Cl)CC2)cc1. The van der Waals surface area contributed by atoms with Gasteiger partial charge in [0, 0.05) is 45.3 Å². The lowest BCUT2D eigenvalue weighted by Crippen LogP contribution is -2.46. The summed E-state index contributed by atoms with van der Waals surface area (Å²) in [4.78, 5) is 15.8. The number of nitrogens with one attached hydrogen (secondary N) is 1. The maximum absolute atomic E-state index is 11.1. The Kier molecular flexibility index (Phi) is 5.38. The molecule has 0 unspecified atom stereocenters. The Morgan fingerprint density at radius 2 is 1.71 bits per heavy atom. The van der Waals surface area contributed by atoms with Crippen LogP contribution >= 0.6 is 11.6 Å². The van der Waals surface area contributed by atoms with E-state index in [4.69, 9.17) is 11.6 Å². The van der Waals surface area contributed by atoms with Crippen LogP contribution in [0.4, 0.5) is 11.4 Å². The van der Waals surface area contributed by atoms with Crippen molar-refractivity contribution in [3.8, 4) is 0 Å². The van der Waals surface area contributed by atoms with Crippen molar-refractivity contribution in [3.63, 3.8) is 0 Å². The number of benzene rings is 2. The van der Waals surface area contributed by atoms with Crippen LogP contribution in [0.25, 0.3) is 0 Å². The molecule has 0 radical (unpaired) electrons. The first-order valence-electron chi connectivity index (χ1n) is 8.20. The second-order valence-corrected chi connectivity index (χ2v) is 6.50. The summed E-state index contributed by atoms with van der Waals surface area (Å²) in [5.74, 6) is -0.0431. The van der Waals surface area contributed by atoms with Crippen molar-refractivity contribution in [2.45, 2.75) is 13.5 Å². The van der Waals surface area contributed by atoms with Crippen molar-refractivity contribution >= 4 is 28.9 Å². The van der Waals surface area contributed by atoms with Crippen molar-refractivity contribution in [1.82, 2.24) is 4.90 Å². The Morgan fingerprint density at radius 3 is 2.33 bits per heavy atom. The normalized spacial score (nSPS) is 15.3. The largest absolute Gasteiger partial charge is 0.368 e. The molecule has 0 atom stereocenters. The molecule has 2 aromatic rings. The molecule has 3 rings (SSSR count). The number of para-hydroxylation sites is 1. The highest BCUT2D eigenvalue weighted by Crippen LogP contribution is 2.26. The minimum Gasteiger partial charge on any atom is -0.368 e. The molecule has 0 bridgehead atoms. The molecule has 0 saturated carbocycles. The number of hydrogen-bond donors (Lipinski definition) is 1. The Hall–Kier alpha value is -2.04. The van der Waals surface area contributed by atoms with Gasteiger partial charge in [-0.05, 0) is 29.8 Å². The fourth-order valence-corrected chi connectivity index (χ4v) is 3.27. The van der Waals surface area contributed by atoms with E-state index in [1.54, 1.807) is 0 Å². The van der Waals surface area contributed by atoms with Gasteiger partial charge in [0.05, 0.1) is 10.7 Å². The molecule has 1 aliphatic heterocycles. The molecule has 126 valence electrons. The standard InChI is InChI=1S/C19H22ClN3O/c1-15(24)21-17-8-6-16(7-9-17)14-22-10-12-23(13-11-22)19-5-3-2-4-18(19)20/h2-9H,10-14H2,1H3,(H,21,24). The maximum Gasteiger partial charge on any atom is 0.221 e. The lowest BCUT2D eigenvalue weighted by Gasteiger charge is -2.36. The summed E-state index contributed by atoms with van der Waals surface area (Å²) in [7, 11) is 0. The Labute approximate surface area is 148 Å². The number of nitrogens with zero attached hydrogens (tertiary/aromatic N) is 2. The van der Waals surface area contributed by atoms with Gasteiger partial charge in [0.1, 0.15) is 0 Å². The van der Waals surface area contributed by atoms with Gasteiger partial charge in [-0.15, -0.1) is 0 Å². The average molecular weight is 344 g/mol. The molecule has 1 fully saturated rings. The molecule has 0 spiro atoms. The summed E-state index contributed by atoms with van der Waals surface area (Å²) in [5.41, 5.74) is 3.23. The van der Waals surface area contributed by atoms with E-state index >= 15 is 0 Å². The fourth-order valence-electron chi connectivity index (χ4n) is 3.01. The summed E-state index contributed by atoms with van der Waals surface area (Å²) < 4.78 is 0. The zero-order chi connectivity index (χ0) is 16.9. The topological polar surface area (TPSA) is 35.6 Å². The lowest BCUT2D eigenvalue weighted by atomic mass is 10.1. The van der Waals surface area contributed by atoms with Gasteiger partial charge in [0.2, 0.25) is 5.91 Å². The van der Waals surface area contributed by atoms with Crippen LogP contribution in [0.5, 0.6) is 0 Å². The second-order valence-electron chi connectivity index (χ2n) is 6.09. The van der Waals surface area contributed by atoms with Gasteiger partial charge in [0.15, 0.2) is 0 Å². The number of piperazine rings is 1. The predicted octanol–water partition coefficient (Wildman–Crippen LogP) is 3.62. The van der Waals surface area contributed by atoms with Gasteiger partial charge in [0.25, 0.3) is 0 Å². The Bertz CT molecular complexity index is 694. The zero-order valence-corrected chi connectivity index (χ0v) is 14.6. The van der Waals surface area contributed by atoms with E-state index in [0.29, 0.717) is 0 Å². The van der Waals surface area contributed by atoms with Crippen LogP contribution in [-0.4, -0.2) is 37.0 Å². The van der Waals surface area contributed by atoms with Gasteiger partial charge >= 0.3 is 0 Å². The number of rotatable bonds is 4. The van der Waals surface area contributed by atoms with Crippen LogP contribution in [0.1, 0.15) is 12.5 Å². The van der Waals surface area contributed by atoms with Crippen LogP contribution in [-0.2, 0) is 11.3 Å². The third-order valence-corrected chi connectivity index (χ3v) is 4.57. The Morgan fingerprint density at radius 1 is 1.04 bits per heavy atom. The zero-order valence-electron chi connectivity index (χ0n) is 13.8. The minimum atomic E-state index is -0.0431. The first-order valence-corrected chi connectivity index (χ1v) is 8.58. The maximum atomic E-state index is 11.1. The number of hydrogen-bond acceptors (Lipinski definition) is 3. The van der Waals surface area contributed by atoms with Crippen LogP contribution < -0.4 is 10.2 Å². The smallest absolute Gasteiger partial charge is 0.221 e. The molecule has 1 aliphatic rings. The molecule has 1 amide bonds. The predicted molar refractivity (Wildman–Crippen MR) is 99.7 cm³/mol. The highest BCUT2D eigenvalue weighted by molar-refractivity contribution is 6.33. The third kappa shape index (κ3) is 4.28. The number of anilines is 2. The van der Waals surface area contributed by atoms with E-state index in [0.717, 1.165) is 49.1 Å². The number of carbonyl (C=O) groups is 1. The van der Waals surface area contributed by atoms with E-state index in [1.165, 1.54) is 12.5 Å². The molecule has 4 nitrogen and oxygen atoms in total. The molecule has 1 saturated heterocycles. The lowest BCUT2D eigenvalue weighted by molar-refractivity contribution is -0.114. The fraction of sp³-hybridized carbons (Fsp3) is 0.316. The van der Waals surface area contributed by atoms with Crippen LogP contribution in [0.3, 0.4) is 0 Å². The highest BCUT2D eigenvalue weighted by atomic mass is 35.5. The van der Waals surface area contributed by atoms with Gasteiger partial charge in [-0.3, -0.25) is 9.69 Å². The first-order chi connectivity index (χ1) is 11.6. The van der Waals surface area contributed by atoms with Crippen molar-refractivity contribution in [2.24, 2.45) is 0 Å². The summed E-state index contributed by atoms with van der Waals surface area (Å²) in [6, 6.07) is 16.1. The molecular formula is C19H22ClN3O. The van der Waals surface area contributed by atoms with Crippen LogP contribution in [0, 0.1) is 0 Å². The molecular weight excluding hydrogens is 322 g/mol. The minimum absolute atomic E-state index is 0.0431. The summed E-state index contributed by atoms with van der Waals surface area (Å²) >= 11 is 6.29. The Balaban J connectivity index is 1.54. The summed E-state index contributed by atoms with van der Waals surface area (Å²) in [5, 5.41) is 3.61. The van der Waals surface area contributed by atoms with E-state index in [9.17, 15) is 4.79 Å². The highest BCUT2D eigenvalue weighted by Gasteiger charge is 2.18. The van der Waals surface area contributed by atoms with E-state index in [-0.39, 0.29) is 5.91 Å². The molecule has 1 heterocycles. The molecule has 1 N–H and O–H groups in total. The molecule has 24 heavy (non-hydrogen) atoms. The van der Waals surface area contributed by atoms with Crippen molar-refractivity contribution < 1.29 is 4.79 Å². The first kappa shape index (κ1) is 16.8. The molecule has 0 aromatic heterocycles.